The first-order valence-corrected chi connectivity index (χ1v) is 6.28. The van der Waals surface area contributed by atoms with Crippen LogP contribution in [-0.4, -0.2) is 50.8 Å². The Morgan fingerprint density at radius 3 is 2.67 bits per heavy atom. The van der Waals surface area contributed by atoms with Crippen molar-refractivity contribution in [3.05, 3.63) is 0 Å². The fourth-order valence-corrected chi connectivity index (χ4v) is 2.12. The van der Waals surface area contributed by atoms with Crippen LogP contribution in [0.3, 0.4) is 0 Å². The van der Waals surface area contributed by atoms with E-state index in [9.17, 15) is 0 Å². The van der Waals surface area contributed by atoms with Gasteiger partial charge in [-0.25, -0.2) is 0 Å². The zero-order valence-electron chi connectivity index (χ0n) is 10.3. The van der Waals surface area contributed by atoms with Crippen LogP contribution >= 0.6 is 0 Å². The maximum absolute atomic E-state index is 5.01. The smallest absolute Gasteiger partial charge is 0.0462 e. The first-order valence-electron chi connectivity index (χ1n) is 6.28. The number of unbranched alkanes of at least 4 members (excludes halogenated alkanes) is 1. The molecule has 1 atom stereocenters. The van der Waals surface area contributed by atoms with Crippen molar-refractivity contribution in [3.8, 4) is 0 Å². The summed E-state index contributed by atoms with van der Waals surface area (Å²) in [5.74, 6) is 0. The fourth-order valence-electron chi connectivity index (χ4n) is 2.12. The van der Waals surface area contributed by atoms with Gasteiger partial charge in [-0.3, -0.25) is 4.90 Å². The number of hydrogen-bond donors (Lipinski definition) is 1. The van der Waals surface area contributed by atoms with E-state index in [-0.39, 0.29) is 0 Å². The van der Waals surface area contributed by atoms with E-state index in [0.29, 0.717) is 6.04 Å². The topological polar surface area (TPSA) is 24.5 Å². The standard InChI is InChI=1S/C12H26N2O/c1-12(14-8-4-5-9-14)11-13-7-3-6-10-15-2/h12-13H,3-11H2,1-2H3. The molecular weight excluding hydrogens is 188 g/mol. The Bertz CT molecular complexity index is 147. The van der Waals surface area contributed by atoms with Crippen LogP contribution in [0, 0.1) is 0 Å². The highest BCUT2D eigenvalue weighted by Crippen LogP contribution is 2.10. The van der Waals surface area contributed by atoms with E-state index in [1.807, 2.05) is 0 Å². The summed E-state index contributed by atoms with van der Waals surface area (Å²) in [4.78, 5) is 2.59. The quantitative estimate of drug-likeness (QED) is 0.620. The highest BCUT2D eigenvalue weighted by atomic mass is 16.5. The highest BCUT2D eigenvalue weighted by molar-refractivity contribution is 4.74. The summed E-state index contributed by atoms with van der Waals surface area (Å²) in [6.07, 6.45) is 5.17. The summed E-state index contributed by atoms with van der Waals surface area (Å²) in [6.45, 7) is 8.07. The van der Waals surface area contributed by atoms with Gasteiger partial charge in [0.2, 0.25) is 0 Å². The van der Waals surface area contributed by atoms with Crippen LogP contribution in [-0.2, 0) is 4.74 Å². The second-order valence-corrected chi connectivity index (χ2v) is 4.50. The molecule has 1 fully saturated rings. The maximum atomic E-state index is 5.01. The molecule has 3 heteroatoms. The molecule has 1 saturated heterocycles. The van der Waals surface area contributed by atoms with Crippen LogP contribution in [0.2, 0.25) is 0 Å². The Morgan fingerprint density at radius 2 is 2.00 bits per heavy atom. The maximum Gasteiger partial charge on any atom is 0.0462 e. The van der Waals surface area contributed by atoms with E-state index in [1.165, 1.54) is 38.8 Å². The molecule has 15 heavy (non-hydrogen) atoms. The van der Waals surface area contributed by atoms with Crippen molar-refractivity contribution in [2.45, 2.75) is 38.6 Å². The molecule has 1 aliphatic rings. The third kappa shape index (κ3) is 5.50. The molecule has 0 amide bonds. The Labute approximate surface area is 94.2 Å². The first kappa shape index (κ1) is 12.9. The predicted octanol–water partition coefficient (Wildman–Crippen LogP) is 1.49. The molecule has 0 radical (unpaired) electrons. The SMILES string of the molecule is COCCCCNCC(C)N1CCCC1. The predicted molar refractivity (Wildman–Crippen MR) is 64.2 cm³/mol. The second kappa shape index (κ2) is 8.08. The van der Waals surface area contributed by atoms with Crippen LogP contribution in [0.25, 0.3) is 0 Å². The molecule has 1 unspecified atom stereocenters. The van der Waals surface area contributed by atoms with E-state index in [1.54, 1.807) is 7.11 Å². The normalized spacial score (nSPS) is 19.6. The molecule has 0 aliphatic carbocycles. The van der Waals surface area contributed by atoms with Crippen molar-refractivity contribution in [2.24, 2.45) is 0 Å². The number of nitrogens with zero attached hydrogens (tertiary/aromatic N) is 1. The van der Waals surface area contributed by atoms with Gasteiger partial charge < -0.3 is 10.1 Å². The van der Waals surface area contributed by atoms with E-state index in [0.717, 1.165) is 19.7 Å². The number of rotatable bonds is 8. The Kier molecular flexibility index (Phi) is 6.98. The number of nitrogens with one attached hydrogen (secondary N) is 1. The molecule has 1 heterocycles. The summed E-state index contributed by atoms with van der Waals surface area (Å²) >= 11 is 0. The lowest BCUT2D eigenvalue weighted by atomic mass is 10.2. The fraction of sp³-hybridized carbons (Fsp3) is 1.00. The minimum absolute atomic E-state index is 0.704. The van der Waals surface area contributed by atoms with Crippen molar-refractivity contribution in [1.29, 1.82) is 0 Å². The van der Waals surface area contributed by atoms with Gasteiger partial charge in [-0.2, -0.15) is 0 Å². The molecule has 0 bridgehead atoms. The van der Waals surface area contributed by atoms with Crippen molar-refractivity contribution in [1.82, 2.24) is 10.2 Å². The van der Waals surface area contributed by atoms with Gasteiger partial charge >= 0.3 is 0 Å². The second-order valence-electron chi connectivity index (χ2n) is 4.50. The van der Waals surface area contributed by atoms with Gasteiger partial charge in [-0.1, -0.05) is 0 Å². The molecule has 1 N–H and O–H groups in total. The van der Waals surface area contributed by atoms with E-state index in [2.05, 4.69) is 17.1 Å². The molecular formula is C12H26N2O. The summed E-state index contributed by atoms with van der Waals surface area (Å²) in [6, 6.07) is 0.704. The van der Waals surface area contributed by atoms with Crippen molar-refractivity contribution in [3.63, 3.8) is 0 Å². The van der Waals surface area contributed by atoms with Gasteiger partial charge in [0.1, 0.15) is 0 Å². The molecule has 0 aromatic carbocycles. The largest absolute Gasteiger partial charge is 0.385 e. The number of hydrogen-bond acceptors (Lipinski definition) is 3. The Balaban J connectivity index is 1.90. The molecule has 3 nitrogen and oxygen atoms in total. The van der Waals surface area contributed by atoms with Gasteiger partial charge in [0.05, 0.1) is 0 Å². The molecule has 1 aliphatic heterocycles. The van der Waals surface area contributed by atoms with Crippen LogP contribution in [0.4, 0.5) is 0 Å². The van der Waals surface area contributed by atoms with Crippen molar-refractivity contribution < 1.29 is 4.74 Å². The van der Waals surface area contributed by atoms with Gasteiger partial charge in [0, 0.05) is 26.3 Å². The summed E-state index contributed by atoms with van der Waals surface area (Å²) in [5, 5.41) is 3.52. The first-order chi connectivity index (χ1) is 7.34. The summed E-state index contributed by atoms with van der Waals surface area (Å²) in [7, 11) is 1.77. The van der Waals surface area contributed by atoms with Crippen LogP contribution in [0.1, 0.15) is 32.6 Å². The van der Waals surface area contributed by atoms with Crippen LogP contribution in [0.15, 0.2) is 0 Å². The number of likely N-dealkylation sites (tertiary alicyclic amines) is 1. The number of ether oxygens (including phenoxy) is 1. The average Bonchev–Trinajstić information content (AvgIpc) is 2.76. The minimum Gasteiger partial charge on any atom is -0.385 e. The molecule has 0 saturated carbocycles. The average molecular weight is 214 g/mol. The number of methoxy groups -OCH3 is 1. The van der Waals surface area contributed by atoms with Crippen molar-refractivity contribution >= 4 is 0 Å². The van der Waals surface area contributed by atoms with Gasteiger partial charge in [-0.05, 0) is 52.2 Å². The molecule has 1 rings (SSSR count). The van der Waals surface area contributed by atoms with Crippen molar-refractivity contribution in [2.75, 3.05) is 39.9 Å². The van der Waals surface area contributed by atoms with Gasteiger partial charge in [0.15, 0.2) is 0 Å². The summed E-state index contributed by atoms with van der Waals surface area (Å²) in [5.41, 5.74) is 0. The highest BCUT2D eigenvalue weighted by Gasteiger charge is 2.16. The van der Waals surface area contributed by atoms with Crippen LogP contribution < -0.4 is 5.32 Å². The van der Waals surface area contributed by atoms with E-state index in [4.69, 9.17) is 4.74 Å². The van der Waals surface area contributed by atoms with E-state index >= 15 is 0 Å². The molecule has 0 spiro atoms. The lowest BCUT2D eigenvalue weighted by Crippen LogP contribution is -2.38. The third-order valence-corrected chi connectivity index (χ3v) is 3.16. The third-order valence-electron chi connectivity index (χ3n) is 3.16. The Hall–Kier alpha value is -0.120. The van der Waals surface area contributed by atoms with Gasteiger partial charge in [-0.15, -0.1) is 0 Å². The van der Waals surface area contributed by atoms with E-state index < -0.39 is 0 Å². The minimum atomic E-state index is 0.704. The lowest BCUT2D eigenvalue weighted by Gasteiger charge is -2.23. The lowest BCUT2D eigenvalue weighted by molar-refractivity contribution is 0.192. The molecule has 0 aromatic heterocycles. The molecule has 90 valence electrons. The summed E-state index contributed by atoms with van der Waals surface area (Å²) < 4.78 is 5.01. The zero-order chi connectivity index (χ0) is 10.9. The van der Waals surface area contributed by atoms with Crippen LogP contribution in [0.5, 0.6) is 0 Å². The van der Waals surface area contributed by atoms with Gasteiger partial charge in [0.25, 0.3) is 0 Å². The monoisotopic (exact) mass is 214 g/mol. The molecule has 0 aromatic rings. The zero-order valence-corrected chi connectivity index (χ0v) is 10.3. The Morgan fingerprint density at radius 1 is 1.27 bits per heavy atom.